The molecule has 0 aromatic heterocycles. The van der Waals surface area contributed by atoms with Gasteiger partial charge in [0.15, 0.2) is 0 Å². The molecule has 2 heteroatoms. The second-order valence-electron chi connectivity index (χ2n) is 6.49. The minimum Gasteiger partial charge on any atom is -0.493 e. The van der Waals surface area contributed by atoms with Crippen molar-refractivity contribution in [2.24, 2.45) is 11.3 Å². The SMILES string of the molecule is CC(c1c(F)cccc1OCC1CC1)C(C)(C)C. The monoisotopic (exact) mass is 250 g/mol. The zero-order valence-electron chi connectivity index (χ0n) is 11.8. The van der Waals surface area contributed by atoms with Gasteiger partial charge in [-0.25, -0.2) is 4.39 Å². The molecule has 0 heterocycles. The lowest BCUT2D eigenvalue weighted by Gasteiger charge is -2.29. The van der Waals surface area contributed by atoms with Crippen molar-refractivity contribution in [3.8, 4) is 5.75 Å². The number of halogens is 1. The largest absolute Gasteiger partial charge is 0.493 e. The van der Waals surface area contributed by atoms with Gasteiger partial charge in [-0.15, -0.1) is 0 Å². The van der Waals surface area contributed by atoms with Crippen molar-refractivity contribution < 1.29 is 9.13 Å². The molecule has 0 spiro atoms. The van der Waals surface area contributed by atoms with Crippen LogP contribution >= 0.6 is 0 Å². The van der Waals surface area contributed by atoms with E-state index >= 15 is 0 Å². The third-order valence-corrected chi connectivity index (χ3v) is 3.92. The van der Waals surface area contributed by atoms with Crippen molar-refractivity contribution in [3.05, 3.63) is 29.6 Å². The van der Waals surface area contributed by atoms with Crippen LogP contribution in [-0.2, 0) is 0 Å². The second kappa shape index (κ2) is 4.91. The Morgan fingerprint density at radius 1 is 1.33 bits per heavy atom. The average Bonchev–Trinajstić information content (AvgIpc) is 3.08. The first kappa shape index (κ1) is 13.4. The van der Waals surface area contributed by atoms with Crippen LogP contribution in [0.4, 0.5) is 4.39 Å². The highest BCUT2D eigenvalue weighted by atomic mass is 19.1. The van der Waals surface area contributed by atoms with Crippen LogP contribution in [0.5, 0.6) is 5.75 Å². The van der Waals surface area contributed by atoms with Crippen LogP contribution in [0.1, 0.15) is 52.0 Å². The first-order valence-electron chi connectivity index (χ1n) is 6.81. The molecular formula is C16H23FO. The Morgan fingerprint density at radius 2 is 2.00 bits per heavy atom. The van der Waals surface area contributed by atoms with E-state index in [2.05, 4.69) is 27.7 Å². The third-order valence-electron chi connectivity index (χ3n) is 3.92. The summed E-state index contributed by atoms with van der Waals surface area (Å²) in [5.74, 6) is 1.40. The molecule has 100 valence electrons. The van der Waals surface area contributed by atoms with Crippen molar-refractivity contribution in [2.75, 3.05) is 6.61 Å². The molecule has 1 aromatic rings. The van der Waals surface area contributed by atoms with Gasteiger partial charge in [-0.05, 0) is 42.2 Å². The molecular weight excluding hydrogens is 227 g/mol. The molecule has 1 aliphatic rings. The van der Waals surface area contributed by atoms with Gasteiger partial charge in [-0.1, -0.05) is 33.8 Å². The molecule has 0 N–H and O–H groups in total. The Bertz CT molecular complexity index is 416. The highest BCUT2D eigenvalue weighted by Gasteiger charge is 2.28. The van der Waals surface area contributed by atoms with E-state index in [0.29, 0.717) is 5.92 Å². The van der Waals surface area contributed by atoms with Gasteiger partial charge in [0.25, 0.3) is 0 Å². The maximum Gasteiger partial charge on any atom is 0.130 e. The number of hydrogen-bond donors (Lipinski definition) is 0. The normalized spacial score (nSPS) is 17.6. The van der Waals surface area contributed by atoms with Crippen molar-refractivity contribution >= 4 is 0 Å². The van der Waals surface area contributed by atoms with Crippen molar-refractivity contribution in [2.45, 2.75) is 46.5 Å². The molecule has 0 saturated heterocycles. The Labute approximate surface area is 109 Å². The fourth-order valence-corrected chi connectivity index (χ4v) is 1.99. The molecule has 1 nitrogen and oxygen atoms in total. The minimum absolute atomic E-state index is 0.0277. The summed E-state index contributed by atoms with van der Waals surface area (Å²) in [6, 6.07) is 5.15. The van der Waals surface area contributed by atoms with Gasteiger partial charge < -0.3 is 4.74 Å². The van der Waals surface area contributed by atoms with E-state index in [-0.39, 0.29) is 17.2 Å². The van der Waals surface area contributed by atoms with Gasteiger partial charge in [-0.2, -0.15) is 0 Å². The summed E-state index contributed by atoms with van der Waals surface area (Å²) in [5.41, 5.74) is 0.755. The predicted molar refractivity (Wildman–Crippen MR) is 72.5 cm³/mol. The van der Waals surface area contributed by atoms with Crippen LogP contribution in [0.3, 0.4) is 0 Å². The van der Waals surface area contributed by atoms with Crippen LogP contribution in [-0.4, -0.2) is 6.61 Å². The topological polar surface area (TPSA) is 9.23 Å². The smallest absolute Gasteiger partial charge is 0.130 e. The zero-order valence-corrected chi connectivity index (χ0v) is 11.8. The van der Waals surface area contributed by atoms with Gasteiger partial charge in [0.05, 0.1) is 6.61 Å². The fraction of sp³-hybridized carbons (Fsp3) is 0.625. The van der Waals surface area contributed by atoms with Crippen molar-refractivity contribution in [3.63, 3.8) is 0 Å². The molecule has 0 bridgehead atoms. The van der Waals surface area contributed by atoms with Gasteiger partial charge >= 0.3 is 0 Å². The Balaban J connectivity index is 2.24. The summed E-state index contributed by atoms with van der Waals surface area (Å²) in [6.45, 7) is 9.20. The van der Waals surface area contributed by atoms with Gasteiger partial charge in [0.2, 0.25) is 0 Å². The second-order valence-corrected chi connectivity index (χ2v) is 6.49. The van der Waals surface area contributed by atoms with Crippen LogP contribution < -0.4 is 4.74 Å². The highest BCUT2D eigenvalue weighted by molar-refractivity contribution is 5.38. The molecule has 0 aliphatic heterocycles. The maximum atomic E-state index is 14.1. The van der Waals surface area contributed by atoms with Crippen molar-refractivity contribution in [1.29, 1.82) is 0 Å². The van der Waals surface area contributed by atoms with E-state index < -0.39 is 0 Å². The van der Waals surface area contributed by atoms with Crippen LogP contribution in [0.15, 0.2) is 18.2 Å². The standard InChI is InChI=1S/C16H23FO/c1-11(16(2,3)4)15-13(17)6-5-7-14(15)18-10-12-8-9-12/h5-7,11-12H,8-10H2,1-4H3. The van der Waals surface area contributed by atoms with Gasteiger partial charge in [0, 0.05) is 5.56 Å². The fourth-order valence-electron chi connectivity index (χ4n) is 1.99. The maximum absolute atomic E-state index is 14.1. The summed E-state index contributed by atoms with van der Waals surface area (Å²) in [7, 11) is 0. The molecule has 1 saturated carbocycles. The average molecular weight is 250 g/mol. The van der Waals surface area contributed by atoms with E-state index in [0.717, 1.165) is 17.9 Å². The van der Waals surface area contributed by atoms with Crippen LogP contribution in [0, 0.1) is 17.2 Å². The molecule has 0 amide bonds. The first-order chi connectivity index (χ1) is 8.39. The van der Waals surface area contributed by atoms with E-state index in [9.17, 15) is 4.39 Å². The summed E-state index contributed by atoms with van der Waals surface area (Å²) in [6.07, 6.45) is 2.50. The summed E-state index contributed by atoms with van der Waals surface area (Å²) >= 11 is 0. The van der Waals surface area contributed by atoms with E-state index in [4.69, 9.17) is 4.74 Å². The van der Waals surface area contributed by atoms with Crippen molar-refractivity contribution in [1.82, 2.24) is 0 Å². The molecule has 1 aliphatic carbocycles. The highest BCUT2D eigenvalue weighted by Crippen LogP contribution is 2.41. The van der Waals surface area contributed by atoms with E-state index in [1.54, 1.807) is 6.07 Å². The Morgan fingerprint density at radius 3 is 2.56 bits per heavy atom. The Hall–Kier alpha value is -1.05. The molecule has 18 heavy (non-hydrogen) atoms. The van der Waals surface area contributed by atoms with Gasteiger partial charge in [0.1, 0.15) is 11.6 Å². The lowest BCUT2D eigenvalue weighted by molar-refractivity contribution is 0.276. The number of ether oxygens (including phenoxy) is 1. The molecule has 1 unspecified atom stereocenters. The van der Waals surface area contributed by atoms with Crippen LogP contribution in [0.2, 0.25) is 0 Å². The zero-order chi connectivity index (χ0) is 13.3. The summed E-state index contributed by atoms with van der Waals surface area (Å²) in [4.78, 5) is 0. The summed E-state index contributed by atoms with van der Waals surface area (Å²) < 4.78 is 19.9. The third kappa shape index (κ3) is 3.04. The molecule has 1 fully saturated rings. The van der Waals surface area contributed by atoms with E-state index in [1.165, 1.54) is 18.9 Å². The summed E-state index contributed by atoms with van der Waals surface area (Å²) in [5, 5.41) is 0. The van der Waals surface area contributed by atoms with Gasteiger partial charge in [-0.3, -0.25) is 0 Å². The van der Waals surface area contributed by atoms with E-state index in [1.807, 2.05) is 6.07 Å². The molecule has 1 aromatic carbocycles. The first-order valence-corrected chi connectivity index (χ1v) is 6.81. The molecule has 2 rings (SSSR count). The van der Waals surface area contributed by atoms with Crippen LogP contribution in [0.25, 0.3) is 0 Å². The number of rotatable bonds is 4. The number of benzene rings is 1. The molecule has 1 atom stereocenters. The lowest BCUT2D eigenvalue weighted by atomic mass is 9.77. The molecule has 0 radical (unpaired) electrons. The minimum atomic E-state index is -0.147. The predicted octanol–water partition coefficient (Wildman–Crippen LogP) is 4.76. The number of hydrogen-bond acceptors (Lipinski definition) is 1. The quantitative estimate of drug-likeness (QED) is 0.748. The Kier molecular flexibility index (Phi) is 3.65. The lowest BCUT2D eigenvalue weighted by Crippen LogP contribution is -2.18.